The van der Waals surface area contributed by atoms with Gasteiger partial charge in [0.1, 0.15) is 17.9 Å². The van der Waals surface area contributed by atoms with Gasteiger partial charge in [0.15, 0.2) is 10.8 Å². The van der Waals surface area contributed by atoms with Crippen LogP contribution in [0.1, 0.15) is 29.5 Å². The third kappa shape index (κ3) is 4.79. The number of carboxylic acid groups (broad SMARTS) is 2. The highest BCUT2D eigenvalue weighted by Gasteiger charge is 2.44. The number of alkyl halides is 2. The zero-order valence-corrected chi connectivity index (χ0v) is 18.9. The maximum Gasteiger partial charge on any atom is 0.335 e. The summed E-state index contributed by atoms with van der Waals surface area (Å²) in [6.45, 7) is -1.31. The van der Waals surface area contributed by atoms with Gasteiger partial charge in [0.05, 0.1) is 17.1 Å². The van der Waals surface area contributed by atoms with E-state index in [9.17, 15) is 33.0 Å². The molecule has 2 aliphatic rings. The van der Waals surface area contributed by atoms with Gasteiger partial charge in [-0.15, -0.1) is 11.3 Å². The second kappa shape index (κ2) is 9.35. The highest BCUT2D eigenvalue weighted by molar-refractivity contribution is 7.11. The van der Waals surface area contributed by atoms with Crippen molar-refractivity contribution in [3.63, 3.8) is 0 Å². The molecular weight excluding hydrogens is 497 g/mol. The molecule has 2 aromatic rings. The normalized spacial score (nSPS) is 22.8. The van der Waals surface area contributed by atoms with Gasteiger partial charge in [0, 0.05) is 35.8 Å². The minimum absolute atomic E-state index is 0.0537. The summed E-state index contributed by atoms with van der Waals surface area (Å²) < 4.78 is 42.5. The smallest absolute Gasteiger partial charge is 0.335 e. The first-order chi connectivity index (χ1) is 16.1. The minimum atomic E-state index is -3.14. The fourth-order valence-electron chi connectivity index (χ4n) is 4.04. The summed E-state index contributed by atoms with van der Waals surface area (Å²) in [5.41, 5.74) is -0.348. The van der Waals surface area contributed by atoms with Crippen LogP contribution in [0, 0.1) is 5.82 Å². The van der Waals surface area contributed by atoms with E-state index in [4.69, 9.17) is 11.6 Å². The molecule has 0 saturated carbocycles. The highest BCUT2D eigenvalue weighted by Crippen LogP contribution is 2.38. The van der Waals surface area contributed by atoms with Crippen LogP contribution in [0.4, 0.5) is 13.2 Å². The van der Waals surface area contributed by atoms with Crippen molar-refractivity contribution in [2.24, 2.45) is 4.99 Å². The maximum atomic E-state index is 14.2. The van der Waals surface area contributed by atoms with Gasteiger partial charge < -0.3 is 15.5 Å². The maximum absolute atomic E-state index is 14.2. The Hall–Kier alpha value is -2.96. The molecule has 0 radical (unpaired) electrons. The largest absolute Gasteiger partial charge is 0.480 e. The van der Waals surface area contributed by atoms with Crippen molar-refractivity contribution < 1.29 is 33.0 Å². The molecule has 0 spiro atoms. The first-order valence-corrected chi connectivity index (χ1v) is 11.3. The second-order valence-electron chi connectivity index (χ2n) is 7.84. The van der Waals surface area contributed by atoms with Crippen molar-refractivity contribution >= 4 is 40.7 Å². The van der Waals surface area contributed by atoms with Crippen LogP contribution in [0.15, 0.2) is 46.0 Å². The quantitative estimate of drug-likeness (QED) is 0.540. The minimum Gasteiger partial charge on any atom is -0.480 e. The molecule has 8 nitrogen and oxygen atoms in total. The van der Waals surface area contributed by atoms with Gasteiger partial charge >= 0.3 is 11.9 Å². The van der Waals surface area contributed by atoms with Gasteiger partial charge in [0.2, 0.25) is 0 Å². The third-order valence-corrected chi connectivity index (χ3v) is 6.75. The van der Waals surface area contributed by atoms with E-state index in [1.54, 1.807) is 5.38 Å². The van der Waals surface area contributed by atoms with E-state index >= 15 is 0 Å². The number of benzene rings is 1. The van der Waals surface area contributed by atoms with Crippen molar-refractivity contribution in [3.8, 4) is 0 Å². The number of carboxylic acids is 2. The summed E-state index contributed by atoms with van der Waals surface area (Å²) in [7, 11) is 0. The lowest BCUT2D eigenvalue weighted by atomic mass is 9.94. The topological polar surface area (TPSA) is 115 Å². The van der Waals surface area contributed by atoms with Gasteiger partial charge in [-0.25, -0.2) is 22.9 Å². The number of nitrogens with zero attached hydrogens (tertiary/aromatic N) is 3. The monoisotopic (exact) mass is 514 g/mol. The number of hydrogen-bond donors (Lipinski definition) is 3. The van der Waals surface area contributed by atoms with Crippen LogP contribution >= 0.6 is 22.9 Å². The first-order valence-electron chi connectivity index (χ1n) is 10.1. The third-order valence-electron chi connectivity index (χ3n) is 5.57. The van der Waals surface area contributed by atoms with Gasteiger partial charge in [-0.1, -0.05) is 23.7 Å². The number of nitrogens with one attached hydrogen (secondary N) is 1. The van der Waals surface area contributed by atoms with E-state index in [1.807, 2.05) is 0 Å². The molecule has 13 heteroatoms. The standard InChI is InChI=1S/C21H18ClF3N4O4S/c22-15-10(2-1-3-11(15)23)16-14(20(32)33)12(27-17(28-16)18-26-6-7-34-18)8-29-9-21(24,25)5-4-13(29)19(30)31/h1-3,6-7,13,16H,4-5,8-9H2,(H,27,28)(H,30,31)(H,32,33)/t13-,16-/m0/s1. The average Bonchev–Trinajstić information content (AvgIpc) is 3.29. The number of piperidine rings is 1. The molecule has 34 heavy (non-hydrogen) atoms. The fraction of sp³-hybridized carbons (Fsp3) is 0.333. The van der Waals surface area contributed by atoms with Crippen LogP contribution < -0.4 is 5.32 Å². The predicted octanol–water partition coefficient (Wildman–Crippen LogP) is 3.55. The molecular formula is C21H18ClF3N4O4S. The Morgan fingerprint density at radius 2 is 2.09 bits per heavy atom. The number of aliphatic imine (C=N–C) groups is 1. The molecule has 0 amide bonds. The molecule has 0 bridgehead atoms. The van der Waals surface area contributed by atoms with Crippen LogP contribution in [-0.2, 0) is 9.59 Å². The van der Waals surface area contributed by atoms with Gasteiger partial charge in [0.25, 0.3) is 5.92 Å². The average molecular weight is 515 g/mol. The Labute approximate surface area is 200 Å². The van der Waals surface area contributed by atoms with Crippen LogP contribution in [0.25, 0.3) is 0 Å². The van der Waals surface area contributed by atoms with Crippen molar-refractivity contribution in [2.75, 3.05) is 13.1 Å². The number of thiazole rings is 1. The van der Waals surface area contributed by atoms with Crippen LogP contribution in [0.2, 0.25) is 5.02 Å². The summed E-state index contributed by atoms with van der Waals surface area (Å²) in [4.78, 5) is 33.6. The molecule has 180 valence electrons. The Balaban J connectivity index is 1.83. The van der Waals surface area contributed by atoms with E-state index in [-0.39, 0.29) is 34.1 Å². The Bertz CT molecular complexity index is 1190. The predicted molar refractivity (Wildman–Crippen MR) is 118 cm³/mol. The Morgan fingerprint density at radius 1 is 1.32 bits per heavy atom. The number of aromatic nitrogens is 1. The number of aliphatic carboxylic acids is 2. The Kier molecular flexibility index (Phi) is 6.65. The summed E-state index contributed by atoms with van der Waals surface area (Å²) >= 11 is 7.32. The van der Waals surface area contributed by atoms with E-state index in [2.05, 4.69) is 15.3 Å². The lowest BCUT2D eigenvalue weighted by Gasteiger charge is -2.38. The summed E-state index contributed by atoms with van der Waals surface area (Å²) in [5.74, 6) is -6.51. The van der Waals surface area contributed by atoms with Crippen LogP contribution in [-0.4, -0.2) is 62.9 Å². The molecule has 0 unspecified atom stereocenters. The lowest BCUT2D eigenvalue weighted by molar-refractivity contribution is -0.151. The van der Waals surface area contributed by atoms with Gasteiger partial charge in [-0.2, -0.15) is 0 Å². The number of rotatable bonds is 6. The summed E-state index contributed by atoms with van der Waals surface area (Å²) in [6, 6.07) is 1.35. The molecule has 2 atom stereocenters. The van der Waals surface area contributed by atoms with Crippen molar-refractivity contribution in [3.05, 3.63) is 62.5 Å². The molecule has 2 aliphatic heterocycles. The fourth-order valence-corrected chi connectivity index (χ4v) is 4.86. The second-order valence-corrected chi connectivity index (χ2v) is 9.11. The van der Waals surface area contributed by atoms with Crippen LogP contribution in [0.5, 0.6) is 0 Å². The van der Waals surface area contributed by atoms with Crippen LogP contribution in [0.3, 0.4) is 0 Å². The van der Waals surface area contributed by atoms with Gasteiger partial charge in [-0.3, -0.25) is 14.7 Å². The molecule has 4 rings (SSSR count). The molecule has 1 aromatic carbocycles. The SMILES string of the molecule is O=C(O)C1=C(CN2CC(F)(F)CC[C@H]2C(=O)O)NC(c2nccs2)=N[C@H]1c1cccc(F)c1Cl. The van der Waals surface area contributed by atoms with Gasteiger partial charge in [-0.05, 0) is 12.5 Å². The zero-order chi connectivity index (χ0) is 24.6. The molecule has 1 saturated heterocycles. The van der Waals surface area contributed by atoms with Crippen molar-refractivity contribution in [2.45, 2.75) is 30.8 Å². The molecule has 1 fully saturated rings. The summed E-state index contributed by atoms with van der Waals surface area (Å²) in [5, 5.41) is 24.1. The number of halogens is 4. The number of amidine groups is 1. The van der Waals surface area contributed by atoms with E-state index in [0.29, 0.717) is 5.01 Å². The van der Waals surface area contributed by atoms with E-state index in [0.717, 1.165) is 11.0 Å². The van der Waals surface area contributed by atoms with Crippen molar-refractivity contribution in [1.82, 2.24) is 15.2 Å². The highest BCUT2D eigenvalue weighted by atomic mass is 35.5. The molecule has 0 aliphatic carbocycles. The number of hydrogen-bond acceptors (Lipinski definition) is 7. The molecule has 1 aromatic heterocycles. The molecule has 3 heterocycles. The summed E-state index contributed by atoms with van der Waals surface area (Å²) in [6.07, 6.45) is 0.604. The van der Waals surface area contributed by atoms with Crippen molar-refractivity contribution in [1.29, 1.82) is 0 Å². The lowest BCUT2D eigenvalue weighted by Crippen LogP contribution is -2.54. The number of likely N-dealkylation sites (tertiary alicyclic amines) is 1. The van der Waals surface area contributed by atoms with E-state index < -0.39 is 55.3 Å². The molecule has 3 N–H and O–H groups in total. The zero-order valence-electron chi connectivity index (χ0n) is 17.3. The Morgan fingerprint density at radius 3 is 2.74 bits per heavy atom. The number of carbonyl (C=O) groups is 2. The first kappa shape index (κ1) is 24.2. The van der Waals surface area contributed by atoms with E-state index in [1.165, 1.54) is 29.7 Å².